The van der Waals surface area contributed by atoms with Crippen LogP contribution >= 0.6 is 11.8 Å². The van der Waals surface area contributed by atoms with Crippen molar-refractivity contribution in [2.45, 2.75) is 224 Å². The largest absolute Gasteiger partial charge is 0.481 e. The molecular weight excluding hydrogens is 1330 g/mol. The van der Waals surface area contributed by atoms with Crippen molar-refractivity contribution in [1.82, 2.24) is 63.1 Å². The zero-order valence-electron chi connectivity index (χ0n) is 58.7. The number of hydrogen-bond acceptors (Lipinski definition) is 20. The van der Waals surface area contributed by atoms with Crippen LogP contribution in [0.2, 0.25) is 0 Å². The van der Waals surface area contributed by atoms with E-state index < -0.39 is 187 Å². The second-order valence-electron chi connectivity index (χ2n) is 25.8. The Labute approximate surface area is 591 Å². The third-order valence-corrected chi connectivity index (χ3v) is 18.3. The van der Waals surface area contributed by atoms with Crippen LogP contribution in [0.3, 0.4) is 0 Å². The highest BCUT2D eigenvalue weighted by Gasteiger charge is 2.40. The maximum Gasteiger partial charge on any atom is 0.326 e. The Morgan fingerprint density at radius 2 is 1.00 bits per heavy atom. The standard InChI is InChI=1S/C66H105N17O17S/c1-9-35(6)52(70)65-81-48(32-101-65)62(96)76-43(26-34(4)5)58(92)74-42(22-23-50(85)86)57(91)83-53(36(7)10-2)63(97)75-40(20-15-16-24-67)55(89)73-41(21-17-25-68)56(90)82-54(37(8)11-3)64(98)79-44(27-38-18-13-12-14-19-38)59(93)77-45(28-39-31-71-33-72-39)60(94)78-46(30-51(87)88)61(95)80-47(66(99)100)29-49(69)84/h12-14,18-19,31,33-37,40-48,52-54H,9-11,15-17,20-30,32,67-68,70H2,1-8H3,(H2,69,84)(H,71,72)(H,73,89)(H,74,92)(H,75,97)(H,76,96)(H,77,93)(H,78,94)(H,79,98)(H,80,95)(H,82,90)(H,83,91)(H,85,86)(H,87,88)(H,99,100)/t35?,36-,37-,40-,41+,42-,43+,44+,45-,46+,47-,48?,52?,53-,54-/m0/s1. The summed E-state index contributed by atoms with van der Waals surface area (Å²) in [4.78, 5) is 202. The van der Waals surface area contributed by atoms with Gasteiger partial charge in [-0.05, 0) is 87.3 Å². The first-order valence-electron chi connectivity index (χ1n) is 34.1. The van der Waals surface area contributed by atoms with Crippen molar-refractivity contribution in [3.8, 4) is 0 Å². The van der Waals surface area contributed by atoms with Crippen LogP contribution in [-0.4, -0.2) is 205 Å². The molecule has 2 aromatic rings. The summed E-state index contributed by atoms with van der Waals surface area (Å²) in [7, 11) is 0. The predicted molar refractivity (Wildman–Crippen MR) is 373 cm³/mol. The molecule has 562 valence electrons. The molecule has 2 heterocycles. The van der Waals surface area contributed by atoms with Gasteiger partial charge in [0.15, 0.2) is 0 Å². The number of H-pyrrole nitrogens is 1. The van der Waals surface area contributed by atoms with Crippen molar-refractivity contribution in [3.05, 3.63) is 54.1 Å². The summed E-state index contributed by atoms with van der Waals surface area (Å²) >= 11 is 1.36. The third kappa shape index (κ3) is 29.9. The van der Waals surface area contributed by atoms with Crippen molar-refractivity contribution in [3.63, 3.8) is 0 Å². The molecule has 0 aliphatic carbocycles. The molecule has 101 heavy (non-hydrogen) atoms. The number of rotatable bonds is 48. The second kappa shape index (κ2) is 44.2. The highest BCUT2D eigenvalue weighted by molar-refractivity contribution is 8.14. The summed E-state index contributed by atoms with van der Waals surface area (Å²) in [5.41, 5.74) is 24.1. The molecule has 11 amide bonds. The molecule has 34 nitrogen and oxygen atoms in total. The lowest BCUT2D eigenvalue weighted by Gasteiger charge is -2.30. The van der Waals surface area contributed by atoms with Gasteiger partial charge in [-0.25, -0.2) is 9.78 Å². The summed E-state index contributed by atoms with van der Waals surface area (Å²) in [6.45, 7) is 14.6. The minimum absolute atomic E-state index is 0.0324. The maximum atomic E-state index is 14.8. The van der Waals surface area contributed by atoms with E-state index in [1.807, 2.05) is 33.0 Å². The third-order valence-electron chi connectivity index (χ3n) is 17.2. The van der Waals surface area contributed by atoms with Gasteiger partial charge in [-0.1, -0.05) is 105 Å². The highest BCUT2D eigenvalue weighted by atomic mass is 32.2. The van der Waals surface area contributed by atoms with Crippen molar-refractivity contribution in [2.24, 2.45) is 51.6 Å². The normalized spacial score (nSPS) is 16.9. The lowest BCUT2D eigenvalue weighted by Crippen LogP contribution is -2.62. The van der Waals surface area contributed by atoms with Crippen molar-refractivity contribution in [2.75, 3.05) is 18.8 Å². The van der Waals surface area contributed by atoms with Gasteiger partial charge in [0, 0.05) is 36.9 Å². The first-order valence-corrected chi connectivity index (χ1v) is 35.1. The summed E-state index contributed by atoms with van der Waals surface area (Å²) in [5, 5.41) is 55.4. The Bertz CT molecular complexity index is 3140. The fourth-order valence-electron chi connectivity index (χ4n) is 10.5. The maximum absolute atomic E-state index is 14.8. The van der Waals surface area contributed by atoms with E-state index in [2.05, 4.69) is 62.8 Å². The first kappa shape index (κ1) is 86.1. The molecule has 0 radical (unpaired) electrons. The second-order valence-corrected chi connectivity index (χ2v) is 26.8. The summed E-state index contributed by atoms with van der Waals surface area (Å²) in [5.74, 6) is -16.0. The van der Waals surface area contributed by atoms with Crippen LogP contribution in [0.4, 0.5) is 0 Å². The monoisotopic (exact) mass is 1440 g/mol. The number of nitrogens with zero attached hydrogens (tertiary/aromatic N) is 2. The van der Waals surface area contributed by atoms with Crippen LogP contribution in [0.5, 0.6) is 0 Å². The molecule has 3 unspecified atom stereocenters. The van der Waals surface area contributed by atoms with Gasteiger partial charge in [-0.2, -0.15) is 0 Å². The number of nitrogens with two attached hydrogens (primary N) is 4. The molecule has 0 saturated heterocycles. The molecule has 0 saturated carbocycles. The van der Waals surface area contributed by atoms with Gasteiger partial charge in [0.2, 0.25) is 65.0 Å². The highest BCUT2D eigenvalue weighted by Crippen LogP contribution is 2.25. The Morgan fingerprint density at radius 1 is 0.535 bits per heavy atom. The van der Waals surface area contributed by atoms with Gasteiger partial charge in [0.1, 0.15) is 66.5 Å². The first-order chi connectivity index (χ1) is 47.8. The van der Waals surface area contributed by atoms with Gasteiger partial charge in [-0.15, -0.1) is 11.8 Å². The number of hydrogen-bond donors (Lipinski definition) is 18. The number of imidazole rings is 1. The van der Waals surface area contributed by atoms with Crippen molar-refractivity contribution < 1.29 is 82.4 Å². The van der Waals surface area contributed by atoms with Gasteiger partial charge in [-0.3, -0.25) is 67.3 Å². The fraction of sp³-hybridized carbons (Fsp3) is 0.636. The number of primary amides is 1. The van der Waals surface area contributed by atoms with Crippen LogP contribution in [0.1, 0.15) is 150 Å². The van der Waals surface area contributed by atoms with Crippen molar-refractivity contribution >= 4 is 99.7 Å². The molecule has 0 bridgehead atoms. The average molecular weight is 1440 g/mol. The van der Waals surface area contributed by atoms with Gasteiger partial charge < -0.3 is 96.4 Å². The van der Waals surface area contributed by atoms with E-state index in [1.165, 1.54) is 24.3 Å². The molecule has 1 aromatic heterocycles. The van der Waals surface area contributed by atoms with E-state index >= 15 is 0 Å². The molecule has 15 atom stereocenters. The van der Waals surface area contributed by atoms with Crippen LogP contribution < -0.4 is 76.1 Å². The van der Waals surface area contributed by atoms with Gasteiger partial charge in [0.05, 0.1) is 30.3 Å². The molecular formula is C66H105N17O17S. The van der Waals surface area contributed by atoms with Crippen LogP contribution in [-0.2, 0) is 80.0 Å². The quantitative estimate of drug-likeness (QED) is 0.0326. The zero-order valence-corrected chi connectivity index (χ0v) is 59.5. The van der Waals surface area contributed by atoms with E-state index in [-0.39, 0.29) is 94.4 Å². The van der Waals surface area contributed by atoms with Crippen LogP contribution in [0.25, 0.3) is 0 Å². The minimum atomic E-state index is -1.97. The molecule has 1 aliphatic rings. The van der Waals surface area contributed by atoms with E-state index in [0.29, 0.717) is 22.8 Å². The predicted octanol–water partition coefficient (Wildman–Crippen LogP) is -1.76. The number of carbonyl (C=O) groups is 14. The number of aliphatic carboxylic acids is 3. The number of carboxylic acids is 3. The van der Waals surface area contributed by atoms with E-state index in [9.17, 15) is 82.4 Å². The van der Waals surface area contributed by atoms with Gasteiger partial charge >= 0.3 is 17.9 Å². The number of thioether (sulfide) groups is 1. The molecule has 35 heteroatoms. The number of carboxylic acid groups (broad SMARTS) is 3. The fourth-order valence-corrected chi connectivity index (χ4v) is 11.7. The number of carbonyl (C=O) groups excluding carboxylic acids is 11. The number of nitrogens with one attached hydrogen (secondary N) is 11. The molecule has 3 rings (SSSR count). The van der Waals surface area contributed by atoms with Crippen molar-refractivity contribution in [1.29, 1.82) is 0 Å². The molecule has 1 aliphatic heterocycles. The average Bonchev–Trinajstić information content (AvgIpc) is 1.21. The lowest BCUT2D eigenvalue weighted by atomic mass is 9.96. The smallest absolute Gasteiger partial charge is 0.326 e. The van der Waals surface area contributed by atoms with E-state index in [4.69, 9.17) is 22.9 Å². The number of amides is 11. The summed E-state index contributed by atoms with van der Waals surface area (Å²) in [6.07, 6.45) is 1.17. The summed E-state index contributed by atoms with van der Waals surface area (Å²) in [6, 6.07) is -8.35. The van der Waals surface area contributed by atoms with E-state index in [1.54, 1.807) is 58.0 Å². The Morgan fingerprint density at radius 3 is 1.50 bits per heavy atom. The number of benzene rings is 1. The Balaban J connectivity index is 1.96. The SMILES string of the molecule is CCC(C)C(N)C1=NC(C(=O)N[C@H](CC(C)C)C(=O)N[C@@H](CCC(=O)O)C(=O)N[C@H](C(=O)N[C@@H](CCCCN)C(=O)N[C@H](CCCN)C(=O)N[C@H](C(=O)N[C@H](Cc2ccccc2)C(=O)N[C@@H](Cc2cnc[nH]2)C(=O)N[C@H](CC(=O)O)C(=O)N[C@@H](CC(N)=O)C(=O)O)[C@@H](C)CC)[C@@H](C)CC)CS1. The molecule has 0 fully saturated rings. The Kier molecular flexibility index (Phi) is 37.7. The number of aliphatic imine (C=N–C) groups is 1. The lowest BCUT2D eigenvalue weighted by molar-refractivity contribution is -0.145. The zero-order chi connectivity index (χ0) is 75.6. The molecule has 0 spiro atoms. The van der Waals surface area contributed by atoms with Crippen LogP contribution in [0, 0.1) is 23.7 Å². The Hall–Kier alpha value is -9.09. The topological polar surface area (TPSA) is 565 Å². The summed E-state index contributed by atoms with van der Waals surface area (Å²) < 4.78 is 0. The van der Waals surface area contributed by atoms with E-state index in [0.717, 1.165) is 6.42 Å². The van der Waals surface area contributed by atoms with Gasteiger partial charge in [0.25, 0.3) is 0 Å². The number of aromatic nitrogens is 2. The molecule has 22 N–H and O–H groups in total. The number of aromatic amines is 1. The molecule has 1 aromatic carbocycles. The van der Waals surface area contributed by atoms with Crippen LogP contribution in [0.15, 0.2) is 47.8 Å². The number of unbranched alkanes of at least 4 members (excludes halogenated alkanes) is 1. The minimum Gasteiger partial charge on any atom is -0.481 e.